The number of esters is 1. The zero-order valence-corrected chi connectivity index (χ0v) is 19.1. The van der Waals surface area contributed by atoms with Crippen LogP contribution in [0.4, 0.5) is 4.79 Å². The first-order valence-electron chi connectivity index (χ1n) is 10.6. The lowest BCUT2D eigenvalue weighted by Gasteiger charge is -2.41. The Balaban J connectivity index is 2.15. The number of benzene rings is 1. The van der Waals surface area contributed by atoms with Crippen LogP contribution in [0.2, 0.25) is 0 Å². The molecule has 1 saturated carbocycles. The molecule has 0 aromatic heterocycles. The van der Waals surface area contributed by atoms with Gasteiger partial charge in [-0.25, -0.2) is 9.59 Å². The van der Waals surface area contributed by atoms with E-state index in [1.54, 1.807) is 12.1 Å². The minimum Gasteiger partial charge on any atom is -0.465 e. The molecular weight excluding hydrogens is 366 g/mol. The minimum absolute atomic E-state index is 0.170. The van der Waals surface area contributed by atoms with Crippen LogP contribution in [0, 0.1) is 11.3 Å². The number of amides is 1. The van der Waals surface area contributed by atoms with E-state index < -0.39 is 5.60 Å². The van der Waals surface area contributed by atoms with E-state index >= 15 is 0 Å². The Labute approximate surface area is 175 Å². The molecule has 5 nitrogen and oxygen atoms in total. The van der Waals surface area contributed by atoms with Crippen molar-refractivity contribution in [1.82, 2.24) is 4.90 Å². The molecule has 0 radical (unpaired) electrons. The van der Waals surface area contributed by atoms with Gasteiger partial charge in [-0.05, 0) is 75.5 Å². The molecule has 162 valence electrons. The molecule has 0 bridgehead atoms. The van der Waals surface area contributed by atoms with Gasteiger partial charge >= 0.3 is 12.1 Å². The van der Waals surface area contributed by atoms with Crippen molar-refractivity contribution in [1.29, 1.82) is 0 Å². The van der Waals surface area contributed by atoms with E-state index in [0.29, 0.717) is 23.4 Å². The molecule has 1 aliphatic rings. The van der Waals surface area contributed by atoms with Crippen LogP contribution in [-0.2, 0) is 16.0 Å². The van der Waals surface area contributed by atoms with E-state index in [-0.39, 0.29) is 18.1 Å². The topological polar surface area (TPSA) is 55.8 Å². The third kappa shape index (κ3) is 6.76. The van der Waals surface area contributed by atoms with Crippen molar-refractivity contribution in [2.75, 3.05) is 7.11 Å². The highest BCUT2D eigenvalue weighted by atomic mass is 16.6. The number of rotatable bonds is 4. The summed E-state index contributed by atoms with van der Waals surface area (Å²) in [6.45, 7) is 13.0. The predicted molar refractivity (Wildman–Crippen MR) is 115 cm³/mol. The van der Waals surface area contributed by atoms with Gasteiger partial charge in [-0.15, -0.1) is 0 Å². The van der Waals surface area contributed by atoms with Gasteiger partial charge in [-0.3, -0.25) is 0 Å². The summed E-state index contributed by atoms with van der Waals surface area (Å²) in [4.78, 5) is 26.5. The molecule has 0 saturated heterocycles. The molecule has 0 spiro atoms. The number of ether oxygens (including phenoxy) is 2. The van der Waals surface area contributed by atoms with Crippen LogP contribution in [0.15, 0.2) is 24.3 Å². The van der Waals surface area contributed by atoms with E-state index in [1.165, 1.54) is 7.11 Å². The fourth-order valence-electron chi connectivity index (χ4n) is 3.98. The highest BCUT2D eigenvalue weighted by molar-refractivity contribution is 5.89. The number of carbonyl (C=O) groups excluding carboxylic acids is 2. The first-order valence-corrected chi connectivity index (χ1v) is 10.6. The van der Waals surface area contributed by atoms with Crippen molar-refractivity contribution in [2.24, 2.45) is 11.3 Å². The lowest BCUT2D eigenvalue weighted by atomic mass is 9.71. The summed E-state index contributed by atoms with van der Waals surface area (Å²) in [5, 5.41) is 0. The van der Waals surface area contributed by atoms with Crippen molar-refractivity contribution >= 4 is 12.1 Å². The Bertz CT molecular complexity index is 689. The van der Waals surface area contributed by atoms with Gasteiger partial charge in [-0.1, -0.05) is 32.9 Å². The lowest BCUT2D eigenvalue weighted by Crippen LogP contribution is -2.45. The molecule has 2 rings (SSSR count). The first-order chi connectivity index (χ1) is 13.4. The van der Waals surface area contributed by atoms with Gasteiger partial charge in [0.25, 0.3) is 0 Å². The number of hydrogen-bond acceptors (Lipinski definition) is 4. The van der Waals surface area contributed by atoms with Gasteiger partial charge in [-0.2, -0.15) is 0 Å². The normalized spacial score (nSPS) is 20.1. The molecule has 0 heterocycles. The van der Waals surface area contributed by atoms with E-state index in [9.17, 15) is 9.59 Å². The molecule has 1 aromatic carbocycles. The van der Waals surface area contributed by atoms with Gasteiger partial charge in [0.05, 0.1) is 12.7 Å². The number of hydrogen-bond donors (Lipinski definition) is 0. The van der Waals surface area contributed by atoms with Crippen LogP contribution in [0.3, 0.4) is 0 Å². The van der Waals surface area contributed by atoms with Gasteiger partial charge < -0.3 is 14.4 Å². The fourth-order valence-corrected chi connectivity index (χ4v) is 3.98. The first kappa shape index (κ1) is 23.2. The van der Waals surface area contributed by atoms with Gasteiger partial charge in [0, 0.05) is 12.6 Å². The van der Waals surface area contributed by atoms with Crippen LogP contribution in [-0.4, -0.2) is 35.7 Å². The molecular formula is C24H37NO4. The van der Waals surface area contributed by atoms with E-state index in [4.69, 9.17) is 9.47 Å². The summed E-state index contributed by atoms with van der Waals surface area (Å²) >= 11 is 0. The third-order valence-electron chi connectivity index (χ3n) is 5.72. The molecule has 1 aliphatic carbocycles. The molecule has 5 heteroatoms. The summed E-state index contributed by atoms with van der Waals surface area (Å²) in [6.07, 6.45) is 3.94. The van der Waals surface area contributed by atoms with Crippen molar-refractivity contribution in [3.63, 3.8) is 0 Å². The maximum Gasteiger partial charge on any atom is 0.410 e. The summed E-state index contributed by atoms with van der Waals surface area (Å²) < 4.78 is 10.5. The molecule has 29 heavy (non-hydrogen) atoms. The molecule has 0 unspecified atom stereocenters. The van der Waals surface area contributed by atoms with Crippen molar-refractivity contribution < 1.29 is 19.1 Å². The summed E-state index contributed by atoms with van der Waals surface area (Å²) in [5.41, 5.74) is 1.24. The average Bonchev–Trinajstić information content (AvgIpc) is 2.64. The molecule has 1 fully saturated rings. The molecule has 0 N–H and O–H groups in total. The quantitative estimate of drug-likeness (QED) is 0.595. The molecule has 0 atom stereocenters. The van der Waals surface area contributed by atoms with Crippen molar-refractivity contribution in [3.05, 3.63) is 35.4 Å². The fraction of sp³-hybridized carbons (Fsp3) is 0.667. The monoisotopic (exact) mass is 403 g/mol. The maximum absolute atomic E-state index is 13.0. The SMILES string of the molecule is COC(=O)c1ccc(CN(C(=O)OC(C)(C)C)C2CCC(C(C)(C)C)CC2)cc1. The van der Waals surface area contributed by atoms with E-state index in [1.807, 2.05) is 37.8 Å². The van der Waals surface area contributed by atoms with E-state index in [0.717, 1.165) is 31.2 Å². The summed E-state index contributed by atoms with van der Waals surface area (Å²) in [7, 11) is 1.37. The number of methoxy groups -OCH3 is 1. The maximum atomic E-state index is 13.0. The summed E-state index contributed by atoms with van der Waals surface area (Å²) in [6, 6.07) is 7.41. The van der Waals surface area contributed by atoms with Crippen molar-refractivity contribution in [2.45, 2.75) is 85.4 Å². The Morgan fingerprint density at radius 3 is 1.97 bits per heavy atom. The Hall–Kier alpha value is -2.04. The van der Waals surface area contributed by atoms with Gasteiger partial charge in [0.2, 0.25) is 0 Å². The van der Waals surface area contributed by atoms with Gasteiger partial charge in [0.1, 0.15) is 5.60 Å². The summed E-state index contributed by atoms with van der Waals surface area (Å²) in [5.74, 6) is 0.319. The van der Waals surface area contributed by atoms with E-state index in [2.05, 4.69) is 20.8 Å². The highest BCUT2D eigenvalue weighted by Gasteiger charge is 2.35. The zero-order valence-electron chi connectivity index (χ0n) is 19.1. The second-order valence-corrected chi connectivity index (χ2v) is 10.2. The van der Waals surface area contributed by atoms with Crippen molar-refractivity contribution in [3.8, 4) is 0 Å². The minimum atomic E-state index is -0.535. The predicted octanol–water partition coefficient (Wildman–Crippen LogP) is 5.82. The Kier molecular flexibility index (Phi) is 7.36. The largest absolute Gasteiger partial charge is 0.465 e. The Morgan fingerprint density at radius 2 is 1.52 bits per heavy atom. The van der Waals surface area contributed by atoms with Gasteiger partial charge in [0.15, 0.2) is 0 Å². The second-order valence-electron chi connectivity index (χ2n) is 10.2. The van der Waals surface area contributed by atoms with Crippen LogP contribution in [0.1, 0.15) is 83.1 Å². The van der Waals surface area contributed by atoms with Crippen LogP contribution < -0.4 is 0 Å². The highest BCUT2D eigenvalue weighted by Crippen LogP contribution is 2.39. The molecule has 1 amide bonds. The average molecular weight is 404 g/mol. The standard InChI is InChI=1S/C24H37NO4/c1-23(2,3)19-12-14-20(15-13-19)25(22(27)29-24(4,5)6)16-17-8-10-18(11-9-17)21(26)28-7/h8-11,19-20H,12-16H2,1-7H3. The number of nitrogens with zero attached hydrogens (tertiary/aromatic N) is 1. The van der Waals surface area contributed by atoms with Crippen LogP contribution in [0.5, 0.6) is 0 Å². The number of carbonyl (C=O) groups is 2. The zero-order chi connectivity index (χ0) is 21.8. The molecule has 0 aliphatic heterocycles. The third-order valence-corrected chi connectivity index (χ3v) is 5.72. The lowest BCUT2D eigenvalue weighted by molar-refractivity contribution is 0.00491. The van der Waals surface area contributed by atoms with Crippen LogP contribution in [0.25, 0.3) is 0 Å². The molecule has 1 aromatic rings. The Morgan fingerprint density at radius 1 is 0.966 bits per heavy atom. The smallest absolute Gasteiger partial charge is 0.410 e. The van der Waals surface area contributed by atoms with Crippen LogP contribution >= 0.6 is 0 Å². The second kappa shape index (κ2) is 9.19.